The number of nitrogens with zero attached hydrogens (tertiary/aromatic N) is 2. The molecule has 31 heavy (non-hydrogen) atoms. The van der Waals surface area contributed by atoms with Gasteiger partial charge in [-0.05, 0) is 19.1 Å². The summed E-state index contributed by atoms with van der Waals surface area (Å²) in [6.07, 6.45) is -0.927. The number of benzene rings is 1. The Morgan fingerprint density at radius 3 is 2.55 bits per heavy atom. The minimum atomic E-state index is -4.79. The van der Waals surface area contributed by atoms with Crippen LogP contribution in [0, 0.1) is 0 Å². The topological polar surface area (TPSA) is 78.4 Å². The van der Waals surface area contributed by atoms with E-state index in [4.69, 9.17) is 13.8 Å². The van der Waals surface area contributed by atoms with Gasteiger partial charge in [-0.3, -0.25) is 4.79 Å². The van der Waals surface area contributed by atoms with Crippen molar-refractivity contribution >= 4 is 11.4 Å². The number of alkyl halides is 3. The first-order valence-corrected chi connectivity index (χ1v) is 9.05. The average Bonchev–Trinajstić information content (AvgIpc) is 3.35. The molecule has 1 aliphatic heterocycles. The third-order valence-electron chi connectivity index (χ3n) is 4.77. The predicted molar refractivity (Wildman–Crippen MR) is 105 cm³/mol. The number of carbonyl (C=O) groups is 1. The number of carbonyl (C=O) groups excluding carboxylic acids is 1. The summed E-state index contributed by atoms with van der Waals surface area (Å²) in [6.45, 7) is 8.31. The minimum absolute atomic E-state index is 0.0665. The number of allylic oxidation sites excluding steroid dienone is 4. The number of hydrogen-bond donors (Lipinski definition) is 0. The normalized spacial score (nSPS) is 13.2. The van der Waals surface area contributed by atoms with E-state index in [-0.39, 0.29) is 29.4 Å². The van der Waals surface area contributed by atoms with Crippen molar-refractivity contribution in [1.29, 1.82) is 0 Å². The van der Waals surface area contributed by atoms with E-state index in [1.165, 1.54) is 25.2 Å². The van der Waals surface area contributed by atoms with Gasteiger partial charge in [0.25, 0.3) is 0 Å². The molecule has 0 bridgehead atoms. The molecule has 0 aliphatic carbocycles. The van der Waals surface area contributed by atoms with Crippen molar-refractivity contribution in [3.63, 3.8) is 0 Å². The Balaban J connectivity index is 1.88. The highest BCUT2D eigenvalue weighted by Crippen LogP contribution is 2.46. The van der Waals surface area contributed by atoms with Crippen LogP contribution in [-0.2, 0) is 12.8 Å². The van der Waals surface area contributed by atoms with Gasteiger partial charge in [0.05, 0.1) is 11.1 Å². The fourth-order valence-electron chi connectivity index (χ4n) is 3.31. The maximum atomic E-state index is 14.0. The largest absolute Gasteiger partial charge is 0.488 e. The molecule has 1 aromatic carbocycles. The van der Waals surface area contributed by atoms with Gasteiger partial charge in [-0.15, -0.1) is 0 Å². The molecule has 3 aromatic rings. The van der Waals surface area contributed by atoms with E-state index < -0.39 is 23.2 Å². The van der Waals surface area contributed by atoms with Crippen LogP contribution in [0.4, 0.5) is 13.2 Å². The first-order valence-electron chi connectivity index (χ1n) is 9.05. The van der Waals surface area contributed by atoms with E-state index in [2.05, 4.69) is 23.5 Å². The molecule has 1 aliphatic rings. The summed E-state index contributed by atoms with van der Waals surface area (Å²) < 4.78 is 57.9. The van der Waals surface area contributed by atoms with Crippen molar-refractivity contribution in [3.8, 4) is 28.5 Å². The monoisotopic (exact) mass is 428 g/mol. The lowest BCUT2D eigenvalue weighted by Crippen LogP contribution is -2.10. The van der Waals surface area contributed by atoms with Crippen molar-refractivity contribution in [3.05, 3.63) is 72.0 Å². The second-order valence-corrected chi connectivity index (χ2v) is 6.69. The van der Waals surface area contributed by atoms with Gasteiger partial charge in [0.15, 0.2) is 17.3 Å². The zero-order valence-electron chi connectivity index (χ0n) is 16.2. The third kappa shape index (κ3) is 3.37. The van der Waals surface area contributed by atoms with Gasteiger partial charge >= 0.3 is 6.18 Å². The minimum Gasteiger partial charge on any atom is -0.488 e. The zero-order chi connectivity index (χ0) is 22.3. The highest BCUT2D eigenvalue weighted by atomic mass is 19.4. The highest BCUT2D eigenvalue weighted by molar-refractivity contribution is 5.95. The van der Waals surface area contributed by atoms with Crippen LogP contribution >= 0.6 is 0 Å². The van der Waals surface area contributed by atoms with Crippen molar-refractivity contribution < 1.29 is 31.7 Å². The molecule has 0 amide bonds. The van der Waals surface area contributed by atoms with Gasteiger partial charge in [-0.2, -0.15) is 13.2 Å². The van der Waals surface area contributed by atoms with Crippen LogP contribution in [0.5, 0.6) is 5.75 Å². The highest BCUT2D eigenvalue weighted by Gasteiger charge is 2.43. The lowest BCUT2D eigenvalue weighted by atomic mass is 9.98. The molecule has 2 aromatic heterocycles. The van der Waals surface area contributed by atoms with E-state index >= 15 is 0 Å². The Hall–Kier alpha value is -3.88. The van der Waals surface area contributed by atoms with E-state index in [9.17, 15) is 18.0 Å². The van der Waals surface area contributed by atoms with Crippen LogP contribution < -0.4 is 4.74 Å². The number of hydrogen-bond acceptors (Lipinski definition) is 6. The van der Waals surface area contributed by atoms with Gasteiger partial charge in [-0.25, -0.2) is 0 Å². The standard InChI is InChI=1S/C22H15F3N2O4/c1-4-6-12(5-2)20-17(22(23,24)25)19(27-30-20)18-15-10-29-16-9-13(11(3)28)7-8-14(16)21(15)31-26-18/h4-9H,1-2,10H2,3H3. The van der Waals surface area contributed by atoms with Crippen LogP contribution in [0.15, 0.2) is 58.6 Å². The molecule has 0 radical (unpaired) electrons. The summed E-state index contributed by atoms with van der Waals surface area (Å²) in [4.78, 5) is 11.6. The smallest absolute Gasteiger partial charge is 0.422 e. The summed E-state index contributed by atoms with van der Waals surface area (Å²) in [6, 6.07) is 4.72. The number of ketones is 1. The van der Waals surface area contributed by atoms with Crippen LogP contribution in [0.25, 0.3) is 28.3 Å². The van der Waals surface area contributed by atoms with Crippen LogP contribution in [0.2, 0.25) is 0 Å². The van der Waals surface area contributed by atoms with Crippen molar-refractivity contribution in [2.75, 3.05) is 0 Å². The van der Waals surface area contributed by atoms with Gasteiger partial charge in [0.2, 0.25) is 0 Å². The Morgan fingerprint density at radius 2 is 1.90 bits per heavy atom. The molecule has 0 saturated carbocycles. The maximum absolute atomic E-state index is 14.0. The fraction of sp³-hybridized carbons (Fsp3) is 0.136. The molecule has 0 unspecified atom stereocenters. The van der Waals surface area contributed by atoms with E-state index in [0.29, 0.717) is 22.4 Å². The molecule has 6 nitrogen and oxygen atoms in total. The number of fused-ring (bicyclic) bond motifs is 3. The van der Waals surface area contributed by atoms with Gasteiger partial charge < -0.3 is 13.8 Å². The van der Waals surface area contributed by atoms with Crippen LogP contribution in [-0.4, -0.2) is 16.1 Å². The lowest BCUT2D eigenvalue weighted by Gasteiger charge is -2.17. The molecular formula is C22H15F3N2O4. The SMILES string of the molecule is C=CC=C(C=C)c1onc(-c2noc3c2COc2cc(C(C)=O)ccc2-3)c1C(F)(F)F. The Morgan fingerprint density at radius 1 is 1.16 bits per heavy atom. The molecule has 0 atom stereocenters. The summed E-state index contributed by atoms with van der Waals surface area (Å²) >= 11 is 0. The van der Waals surface area contributed by atoms with Crippen LogP contribution in [0.1, 0.15) is 34.2 Å². The quantitative estimate of drug-likeness (QED) is 0.374. The van der Waals surface area contributed by atoms with E-state index in [1.54, 1.807) is 18.2 Å². The first-order chi connectivity index (χ1) is 14.8. The zero-order valence-corrected chi connectivity index (χ0v) is 16.2. The summed E-state index contributed by atoms with van der Waals surface area (Å²) in [5, 5.41) is 7.47. The molecule has 0 saturated heterocycles. The first kappa shape index (κ1) is 20.4. The van der Waals surface area contributed by atoms with Crippen LogP contribution in [0.3, 0.4) is 0 Å². The molecule has 158 valence electrons. The molecule has 0 fully saturated rings. The number of Topliss-reactive ketones (excluding diaryl/α,β-unsaturated/α-hetero) is 1. The molecule has 0 spiro atoms. The molecule has 3 heterocycles. The molecule has 9 heteroatoms. The summed E-state index contributed by atoms with van der Waals surface area (Å²) in [5.74, 6) is -0.0272. The second kappa shape index (κ2) is 7.42. The molecule has 0 N–H and O–H groups in total. The van der Waals surface area contributed by atoms with E-state index in [1.807, 2.05) is 0 Å². The fourth-order valence-corrected chi connectivity index (χ4v) is 3.31. The van der Waals surface area contributed by atoms with Gasteiger partial charge in [0.1, 0.15) is 29.3 Å². The molecule has 4 rings (SSSR count). The number of ether oxygens (including phenoxy) is 1. The summed E-state index contributed by atoms with van der Waals surface area (Å²) in [7, 11) is 0. The van der Waals surface area contributed by atoms with E-state index in [0.717, 1.165) is 0 Å². The van der Waals surface area contributed by atoms with Gasteiger partial charge in [-0.1, -0.05) is 47.8 Å². The summed E-state index contributed by atoms with van der Waals surface area (Å²) in [5.41, 5.74) is -0.487. The second-order valence-electron chi connectivity index (χ2n) is 6.69. The number of halogens is 3. The van der Waals surface area contributed by atoms with Crippen molar-refractivity contribution in [2.45, 2.75) is 19.7 Å². The molecular weight excluding hydrogens is 413 g/mol. The van der Waals surface area contributed by atoms with Crippen molar-refractivity contribution in [2.24, 2.45) is 0 Å². The third-order valence-corrected chi connectivity index (χ3v) is 4.77. The van der Waals surface area contributed by atoms with Gasteiger partial charge in [0, 0.05) is 11.1 Å². The Bertz CT molecular complexity index is 1250. The number of rotatable bonds is 5. The van der Waals surface area contributed by atoms with Crippen molar-refractivity contribution in [1.82, 2.24) is 10.3 Å². The maximum Gasteiger partial charge on any atom is 0.422 e. The number of aromatic nitrogens is 2. The predicted octanol–water partition coefficient (Wildman–Crippen LogP) is 5.87. The Kier molecular flexibility index (Phi) is 4.88. The Labute approximate surface area is 174 Å². The lowest BCUT2D eigenvalue weighted by molar-refractivity contribution is -0.137. The average molecular weight is 428 g/mol.